The third-order valence-electron chi connectivity index (χ3n) is 4.20. The van der Waals surface area contributed by atoms with E-state index < -0.39 is 17.7 Å². The number of H-pyrrole nitrogens is 1. The molecule has 7 heteroatoms. The quantitative estimate of drug-likeness (QED) is 0.453. The highest BCUT2D eigenvalue weighted by atomic mass is 35.5. The Morgan fingerprint density at radius 2 is 1.85 bits per heavy atom. The largest absolute Gasteiger partial charge is 0.463 e. The zero-order valence-electron chi connectivity index (χ0n) is 13.7. The van der Waals surface area contributed by atoms with Gasteiger partial charge in [-0.3, -0.25) is 4.79 Å². The van der Waals surface area contributed by atoms with Crippen LogP contribution in [-0.2, 0) is 14.3 Å². The molecule has 2 aromatic carbocycles. The van der Waals surface area contributed by atoms with Gasteiger partial charge in [-0.2, -0.15) is 0 Å². The smallest absolute Gasteiger partial charge is 0.374 e. The summed E-state index contributed by atoms with van der Waals surface area (Å²) >= 11 is 18.2. The summed E-state index contributed by atoms with van der Waals surface area (Å²) in [5.41, 5.74) is 2.46. The van der Waals surface area contributed by atoms with Crippen molar-refractivity contribution in [2.45, 2.75) is 12.3 Å². The molecule has 4 nitrogen and oxygen atoms in total. The molecule has 0 unspecified atom stereocenters. The maximum atomic E-state index is 12.2. The molecule has 26 heavy (non-hydrogen) atoms. The normalized spacial score (nSPS) is 12.2. The van der Waals surface area contributed by atoms with Crippen LogP contribution in [0.25, 0.3) is 10.9 Å². The molecule has 3 rings (SSSR count). The molecule has 0 aliphatic heterocycles. The van der Waals surface area contributed by atoms with Crippen LogP contribution >= 0.6 is 34.8 Å². The van der Waals surface area contributed by atoms with Crippen molar-refractivity contribution in [3.05, 3.63) is 68.8 Å². The van der Waals surface area contributed by atoms with Gasteiger partial charge in [0.1, 0.15) is 0 Å². The number of rotatable bonds is 5. The van der Waals surface area contributed by atoms with Crippen LogP contribution in [0.2, 0.25) is 15.1 Å². The molecule has 0 amide bonds. The zero-order chi connectivity index (χ0) is 18.8. The number of hydrogen-bond donors (Lipinski definition) is 1. The number of carbonyl (C=O) groups is 2. The van der Waals surface area contributed by atoms with Crippen LogP contribution in [0.3, 0.4) is 0 Å². The van der Waals surface area contributed by atoms with Crippen LogP contribution in [0.4, 0.5) is 0 Å². The van der Waals surface area contributed by atoms with Gasteiger partial charge in [0, 0.05) is 34.5 Å². The number of esters is 1. The maximum absolute atomic E-state index is 12.2. The fourth-order valence-corrected chi connectivity index (χ4v) is 3.41. The van der Waals surface area contributed by atoms with Crippen molar-refractivity contribution in [2.24, 2.45) is 0 Å². The second kappa shape index (κ2) is 7.70. The van der Waals surface area contributed by atoms with Gasteiger partial charge in [0.05, 0.1) is 17.2 Å². The lowest BCUT2D eigenvalue weighted by Crippen LogP contribution is -2.19. The molecule has 3 aromatic rings. The van der Waals surface area contributed by atoms with Gasteiger partial charge in [-0.15, -0.1) is 0 Å². The Kier molecular flexibility index (Phi) is 5.56. The number of aromatic nitrogens is 1. The van der Waals surface area contributed by atoms with Crippen molar-refractivity contribution in [1.82, 2.24) is 4.98 Å². The molecule has 1 N–H and O–H groups in total. The standard InChI is InChI=1S/C19H14Cl3NO3/c1-26-19(25)18(24)8-13(10-2-5-15(21)16(22)6-10)14-9-23-17-7-11(20)3-4-12(14)17/h2-7,9,13,23H,8H2,1H3/t13-/m1/s1. The molecular weight excluding hydrogens is 397 g/mol. The molecule has 0 aliphatic rings. The number of aromatic amines is 1. The van der Waals surface area contributed by atoms with Crippen LogP contribution in [0.1, 0.15) is 23.5 Å². The predicted molar refractivity (Wildman–Crippen MR) is 103 cm³/mol. The van der Waals surface area contributed by atoms with Crippen LogP contribution in [0.5, 0.6) is 0 Å². The Balaban J connectivity index is 2.11. The van der Waals surface area contributed by atoms with Crippen LogP contribution in [0, 0.1) is 0 Å². The summed E-state index contributed by atoms with van der Waals surface area (Å²) in [6.45, 7) is 0. The first-order chi connectivity index (χ1) is 12.4. The third kappa shape index (κ3) is 3.73. The molecule has 0 saturated carbocycles. The number of halogens is 3. The van der Waals surface area contributed by atoms with Crippen molar-refractivity contribution < 1.29 is 14.3 Å². The summed E-state index contributed by atoms with van der Waals surface area (Å²) in [5.74, 6) is -1.89. The van der Waals surface area contributed by atoms with E-state index >= 15 is 0 Å². The molecule has 0 bridgehead atoms. The van der Waals surface area contributed by atoms with Crippen LogP contribution < -0.4 is 0 Å². The number of methoxy groups -OCH3 is 1. The van der Waals surface area contributed by atoms with Gasteiger partial charge in [-0.25, -0.2) is 4.79 Å². The Labute approximate surface area is 165 Å². The van der Waals surface area contributed by atoms with Crippen molar-refractivity contribution in [2.75, 3.05) is 7.11 Å². The van der Waals surface area contributed by atoms with Crippen molar-refractivity contribution in [3.8, 4) is 0 Å². The van der Waals surface area contributed by atoms with E-state index in [1.54, 1.807) is 36.5 Å². The molecule has 0 fully saturated rings. The fraction of sp³-hybridized carbons (Fsp3) is 0.158. The van der Waals surface area contributed by atoms with Crippen LogP contribution in [0.15, 0.2) is 42.6 Å². The summed E-state index contributed by atoms with van der Waals surface area (Å²) in [4.78, 5) is 27.0. The Hall–Kier alpha value is -2.01. The highest BCUT2D eigenvalue weighted by Gasteiger charge is 2.25. The highest BCUT2D eigenvalue weighted by Crippen LogP contribution is 2.36. The number of nitrogens with one attached hydrogen (secondary N) is 1. The van der Waals surface area contributed by atoms with E-state index in [4.69, 9.17) is 34.8 Å². The first-order valence-electron chi connectivity index (χ1n) is 7.73. The Bertz CT molecular complexity index is 997. The SMILES string of the molecule is COC(=O)C(=O)C[C@H](c1ccc(Cl)c(Cl)c1)c1c[nH]c2cc(Cl)ccc12. The molecule has 0 radical (unpaired) electrons. The number of fused-ring (bicyclic) bond motifs is 1. The second-order valence-corrected chi connectivity index (χ2v) is 7.03. The number of benzene rings is 2. The Morgan fingerprint density at radius 1 is 1.08 bits per heavy atom. The van der Waals surface area contributed by atoms with E-state index in [1.807, 2.05) is 6.07 Å². The average Bonchev–Trinajstić information content (AvgIpc) is 3.03. The number of ether oxygens (including phenoxy) is 1. The monoisotopic (exact) mass is 409 g/mol. The van der Waals surface area contributed by atoms with E-state index in [0.29, 0.717) is 15.1 Å². The zero-order valence-corrected chi connectivity index (χ0v) is 16.0. The van der Waals surface area contributed by atoms with Gasteiger partial charge in [-0.05, 0) is 35.4 Å². The molecule has 0 spiro atoms. The topological polar surface area (TPSA) is 59.2 Å². The minimum atomic E-state index is -0.877. The molecule has 1 aromatic heterocycles. The summed E-state index contributed by atoms with van der Waals surface area (Å²) in [7, 11) is 1.18. The van der Waals surface area contributed by atoms with Gasteiger partial charge >= 0.3 is 5.97 Å². The third-order valence-corrected chi connectivity index (χ3v) is 5.17. The first kappa shape index (κ1) is 18.8. The van der Waals surface area contributed by atoms with Crippen LogP contribution in [-0.4, -0.2) is 23.8 Å². The minimum absolute atomic E-state index is 0.0553. The lowest BCUT2D eigenvalue weighted by atomic mass is 9.87. The fourth-order valence-electron chi connectivity index (χ4n) is 2.93. The molecule has 1 atom stereocenters. The second-order valence-electron chi connectivity index (χ2n) is 5.78. The summed E-state index contributed by atoms with van der Waals surface area (Å²) in [5, 5.41) is 2.30. The van der Waals surface area contributed by atoms with Gasteiger partial charge in [0.15, 0.2) is 0 Å². The van der Waals surface area contributed by atoms with Gasteiger partial charge < -0.3 is 9.72 Å². The Morgan fingerprint density at radius 3 is 2.54 bits per heavy atom. The van der Waals surface area contributed by atoms with Gasteiger partial charge in [-0.1, -0.05) is 46.9 Å². The average molecular weight is 411 g/mol. The van der Waals surface area contributed by atoms with E-state index in [1.165, 1.54) is 7.11 Å². The maximum Gasteiger partial charge on any atom is 0.374 e. The summed E-state index contributed by atoms with van der Waals surface area (Å²) in [6, 6.07) is 10.6. The van der Waals surface area contributed by atoms with Crippen molar-refractivity contribution >= 4 is 57.5 Å². The highest BCUT2D eigenvalue weighted by molar-refractivity contribution is 6.42. The van der Waals surface area contributed by atoms with Gasteiger partial charge in [0.25, 0.3) is 0 Å². The summed E-state index contributed by atoms with van der Waals surface area (Å²) < 4.78 is 4.55. The van der Waals surface area contributed by atoms with Gasteiger partial charge in [0.2, 0.25) is 5.78 Å². The molecule has 0 aliphatic carbocycles. The molecule has 0 saturated heterocycles. The number of carbonyl (C=O) groups excluding carboxylic acids is 2. The lowest BCUT2D eigenvalue weighted by molar-refractivity contribution is -0.151. The minimum Gasteiger partial charge on any atom is -0.463 e. The molecular formula is C19H14Cl3NO3. The van der Waals surface area contributed by atoms with Crippen molar-refractivity contribution in [3.63, 3.8) is 0 Å². The number of Topliss-reactive ketones (excluding diaryl/α,β-unsaturated/α-hetero) is 1. The van der Waals surface area contributed by atoms with E-state index in [-0.39, 0.29) is 6.42 Å². The molecule has 134 valence electrons. The van der Waals surface area contributed by atoms with Crippen molar-refractivity contribution in [1.29, 1.82) is 0 Å². The number of ketones is 1. The first-order valence-corrected chi connectivity index (χ1v) is 8.86. The van der Waals surface area contributed by atoms with E-state index in [9.17, 15) is 9.59 Å². The summed E-state index contributed by atoms with van der Waals surface area (Å²) in [6.07, 6.45) is 1.75. The molecule has 1 heterocycles. The predicted octanol–water partition coefficient (Wildman–Crippen LogP) is 5.39. The number of hydrogen-bond acceptors (Lipinski definition) is 3. The lowest BCUT2D eigenvalue weighted by Gasteiger charge is -2.17. The van der Waals surface area contributed by atoms with E-state index in [0.717, 1.165) is 22.0 Å². The van der Waals surface area contributed by atoms with E-state index in [2.05, 4.69) is 9.72 Å².